The Kier molecular flexibility index (Phi) is 3.94. The summed E-state index contributed by atoms with van der Waals surface area (Å²) < 4.78 is 4.89. The highest BCUT2D eigenvalue weighted by Gasteiger charge is 2.33. The first-order valence-corrected chi connectivity index (χ1v) is 6.09. The number of rotatable bonds is 4. The van der Waals surface area contributed by atoms with Crippen molar-refractivity contribution < 1.29 is 18.9 Å². The van der Waals surface area contributed by atoms with Gasteiger partial charge < -0.3 is 4.42 Å². The number of thiocarbonyl (C=S) groups is 1. The van der Waals surface area contributed by atoms with E-state index in [1.807, 2.05) is 0 Å². The molecule has 0 saturated carbocycles. The molecule has 1 N–H and O–H groups in total. The number of nitro groups is 1. The molecule has 8 nitrogen and oxygen atoms in total. The maximum absolute atomic E-state index is 12.2. The molecule has 0 aliphatic carbocycles. The first-order valence-electron chi connectivity index (χ1n) is 5.68. The summed E-state index contributed by atoms with van der Waals surface area (Å²) in [6.07, 6.45) is 2.58. The van der Waals surface area contributed by atoms with E-state index in [0.717, 1.165) is 17.0 Å². The molecule has 2 amide bonds. The lowest BCUT2D eigenvalue weighted by Gasteiger charge is -2.27. The van der Waals surface area contributed by atoms with Gasteiger partial charge in [0.2, 0.25) is 0 Å². The van der Waals surface area contributed by atoms with E-state index in [2.05, 4.69) is 11.9 Å². The van der Waals surface area contributed by atoms with Gasteiger partial charge in [-0.05, 0) is 24.4 Å². The number of carbonyl (C=O) groups excluding carboxylic acids is 2. The zero-order valence-corrected chi connectivity index (χ0v) is 11.4. The Bertz CT molecular complexity index is 691. The van der Waals surface area contributed by atoms with Crippen LogP contribution in [0.4, 0.5) is 5.88 Å². The SMILES string of the molecule is C=CCN1C(=O)/C(=C/c2ccc([N+](=O)[O-])o2)C(=O)NC1=S. The molecule has 1 saturated heterocycles. The Balaban J connectivity index is 2.35. The van der Waals surface area contributed by atoms with Crippen LogP contribution in [-0.2, 0) is 9.59 Å². The minimum absolute atomic E-state index is 0.0200. The third-order valence-corrected chi connectivity index (χ3v) is 2.90. The molecule has 108 valence electrons. The molecular formula is C12H9N3O5S. The summed E-state index contributed by atoms with van der Waals surface area (Å²) in [4.78, 5) is 34.9. The zero-order chi connectivity index (χ0) is 15.6. The molecule has 1 aromatic heterocycles. The molecule has 2 rings (SSSR count). The Morgan fingerprint density at radius 3 is 2.76 bits per heavy atom. The molecule has 1 aromatic rings. The highest BCUT2D eigenvalue weighted by Crippen LogP contribution is 2.20. The summed E-state index contributed by atoms with van der Waals surface area (Å²) in [6, 6.07) is 2.42. The number of carbonyl (C=O) groups is 2. The molecule has 2 heterocycles. The van der Waals surface area contributed by atoms with E-state index < -0.39 is 22.6 Å². The normalized spacial score (nSPS) is 17.0. The lowest BCUT2D eigenvalue weighted by atomic mass is 10.1. The Labute approximate surface area is 123 Å². The molecule has 0 atom stereocenters. The summed E-state index contributed by atoms with van der Waals surface area (Å²) in [5.74, 6) is -1.78. The quantitative estimate of drug-likeness (QED) is 0.222. The van der Waals surface area contributed by atoms with Crippen molar-refractivity contribution >= 4 is 41.1 Å². The van der Waals surface area contributed by atoms with Gasteiger partial charge in [0.1, 0.15) is 16.3 Å². The van der Waals surface area contributed by atoms with Crippen molar-refractivity contribution in [2.45, 2.75) is 0 Å². The minimum atomic E-state index is -0.718. The Morgan fingerprint density at radius 1 is 1.48 bits per heavy atom. The Hall–Kier alpha value is -2.81. The minimum Gasteiger partial charge on any atom is -0.401 e. The topological polar surface area (TPSA) is 106 Å². The van der Waals surface area contributed by atoms with E-state index in [1.165, 1.54) is 12.1 Å². The molecule has 9 heteroatoms. The van der Waals surface area contributed by atoms with E-state index >= 15 is 0 Å². The fourth-order valence-electron chi connectivity index (χ4n) is 1.65. The number of amides is 2. The standard InChI is InChI=1S/C12H9N3O5S/c1-2-5-14-11(17)8(10(16)13-12(14)21)6-7-3-4-9(20-7)15(18)19/h2-4,6H,1,5H2,(H,13,16,21)/b8-6+. The van der Waals surface area contributed by atoms with Crippen molar-refractivity contribution in [3.63, 3.8) is 0 Å². The van der Waals surface area contributed by atoms with Crippen molar-refractivity contribution in [1.82, 2.24) is 10.2 Å². The van der Waals surface area contributed by atoms with Gasteiger partial charge in [-0.1, -0.05) is 6.08 Å². The number of furan rings is 1. The number of hydrogen-bond donors (Lipinski definition) is 1. The molecule has 0 aromatic carbocycles. The van der Waals surface area contributed by atoms with E-state index in [1.54, 1.807) is 0 Å². The first-order chi connectivity index (χ1) is 9.93. The molecule has 1 fully saturated rings. The second kappa shape index (κ2) is 5.67. The fraction of sp³-hybridized carbons (Fsp3) is 0.0833. The van der Waals surface area contributed by atoms with Gasteiger partial charge in [-0.3, -0.25) is 29.9 Å². The van der Waals surface area contributed by atoms with E-state index in [4.69, 9.17) is 16.6 Å². The van der Waals surface area contributed by atoms with Crippen LogP contribution in [0.3, 0.4) is 0 Å². The van der Waals surface area contributed by atoms with Gasteiger partial charge in [0.05, 0.1) is 6.07 Å². The highest BCUT2D eigenvalue weighted by atomic mass is 32.1. The van der Waals surface area contributed by atoms with Crippen molar-refractivity contribution in [1.29, 1.82) is 0 Å². The van der Waals surface area contributed by atoms with E-state index in [0.29, 0.717) is 0 Å². The predicted octanol–water partition coefficient (Wildman–Crippen LogP) is 1.00. The van der Waals surface area contributed by atoms with Crippen LogP contribution in [0.1, 0.15) is 5.76 Å². The van der Waals surface area contributed by atoms with Gasteiger partial charge >= 0.3 is 5.88 Å². The number of nitrogens with one attached hydrogen (secondary N) is 1. The van der Waals surface area contributed by atoms with Crippen LogP contribution < -0.4 is 5.32 Å². The van der Waals surface area contributed by atoms with Gasteiger partial charge in [-0.25, -0.2) is 0 Å². The van der Waals surface area contributed by atoms with Crippen LogP contribution in [0.25, 0.3) is 6.08 Å². The van der Waals surface area contributed by atoms with Crippen LogP contribution in [-0.4, -0.2) is 33.3 Å². The van der Waals surface area contributed by atoms with Crippen molar-refractivity contribution in [3.8, 4) is 0 Å². The molecule has 0 radical (unpaired) electrons. The lowest BCUT2D eigenvalue weighted by Crippen LogP contribution is -2.53. The number of hydrogen-bond acceptors (Lipinski definition) is 6. The molecular weight excluding hydrogens is 298 g/mol. The van der Waals surface area contributed by atoms with Crippen LogP contribution in [0.5, 0.6) is 0 Å². The fourth-order valence-corrected chi connectivity index (χ4v) is 1.90. The smallest absolute Gasteiger partial charge is 0.401 e. The summed E-state index contributed by atoms with van der Waals surface area (Å²) in [5, 5.41) is 12.9. The summed E-state index contributed by atoms with van der Waals surface area (Å²) in [6.45, 7) is 3.63. The van der Waals surface area contributed by atoms with Crippen molar-refractivity contribution in [2.24, 2.45) is 0 Å². The summed E-state index contributed by atoms with van der Waals surface area (Å²) >= 11 is 4.89. The highest BCUT2D eigenvalue weighted by molar-refractivity contribution is 7.80. The van der Waals surface area contributed by atoms with Gasteiger partial charge in [0.15, 0.2) is 5.11 Å². The van der Waals surface area contributed by atoms with Crippen LogP contribution in [0, 0.1) is 10.1 Å². The molecule has 1 aliphatic rings. The van der Waals surface area contributed by atoms with Crippen LogP contribution in [0.2, 0.25) is 0 Å². The second-order valence-corrected chi connectivity index (χ2v) is 4.34. The molecule has 21 heavy (non-hydrogen) atoms. The van der Waals surface area contributed by atoms with Crippen LogP contribution >= 0.6 is 12.2 Å². The third-order valence-electron chi connectivity index (χ3n) is 2.58. The lowest BCUT2D eigenvalue weighted by molar-refractivity contribution is -0.402. The van der Waals surface area contributed by atoms with Gasteiger partial charge in [0.25, 0.3) is 11.8 Å². The average Bonchev–Trinajstić information content (AvgIpc) is 2.88. The summed E-state index contributed by atoms with van der Waals surface area (Å²) in [5.41, 5.74) is -0.227. The van der Waals surface area contributed by atoms with E-state index in [-0.39, 0.29) is 23.0 Å². The first kappa shape index (κ1) is 14.6. The third kappa shape index (κ3) is 2.87. The number of nitrogens with zero attached hydrogens (tertiary/aromatic N) is 2. The van der Waals surface area contributed by atoms with Gasteiger partial charge in [-0.15, -0.1) is 6.58 Å². The van der Waals surface area contributed by atoms with Gasteiger partial charge in [0, 0.05) is 6.54 Å². The maximum Gasteiger partial charge on any atom is 0.433 e. The zero-order valence-electron chi connectivity index (χ0n) is 10.6. The Morgan fingerprint density at radius 2 is 2.19 bits per heavy atom. The molecule has 0 unspecified atom stereocenters. The predicted molar refractivity (Wildman–Crippen MR) is 76.0 cm³/mol. The summed E-state index contributed by atoms with van der Waals surface area (Å²) in [7, 11) is 0. The molecule has 0 bridgehead atoms. The van der Waals surface area contributed by atoms with Crippen molar-refractivity contribution in [2.75, 3.05) is 6.54 Å². The van der Waals surface area contributed by atoms with E-state index in [9.17, 15) is 19.7 Å². The largest absolute Gasteiger partial charge is 0.433 e. The maximum atomic E-state index is 12.2. The molecule has 1 aliphatic heterocycles. The van der Waals surface area contributed by atoms with Crippen LogP contribution in [0.15, 0.2) is 34.8 Å². The van der Waals surface area contributed by atoms with Gasteiger partial charge in [-0.2, -0.15) is 0 Å². The second-order valence-electron chi connectivity index (χ2n) is 3.95. The molecule has 0 spiro atoms. The average molecular weight is 307 g/mol. The monoisotopic (exact) mass is 307 g/mol. The van der Waals surface area contributed by atoms with Crippen molar-refractivity contribution in [3.05, 3.63) is 46.2 Å².